The van der Waals surface area contributed by atoms with E-state index in [2.05, 4.69) is 18.1 Å². The van der Waals surface area contributed by atoms with Crippen LogP contribution < -0.4 is 0 Å². The van der Waals surface area contributed by atoms with E-state index in [-0.39, 0.29) is 0 Å². The van der Waals surface area contributed by atoms with Crippen molar-refractivity contribution in [3.05, 3.63) is 52.8 Å². The molecule has 1 aromatic heterocycles. The van der Waals surface area contributed by atoms with E-state index >= 15 is 0 Å². The number of aryl methyl sites for hydroxylation is 1. The molecule has 0 unspecified atom stereocenters. The molecule has 0 aliphatic carbocycles. The van der Waals surface area contributed by atoms with Gasteiger partial charge in [0, 0.05) is 21.5 Å². The van der Waals surface area contributed by atoms with Crippen molar-refractivity contribution in [2.45, 2.75) is 48.5 Å². The largest absolute Gasteiger partial charge is 0.359 e. The molecule has 0 spiro atoms. The van der Waals surface area contributed by atoms with Crippen molar-refractivity contribution < 1.29 is 0 Å². The highest BCUT2D eigenvalue weighted by Gasteiger charge is 1.98. The lowest BCUT2D eigenvalue weighted by atomic mass is 10.1. The predicted octanol–water partition coefficient (Wildman–Crippen LogP) is 6.97. The first-order valence-corrected chi connectivity index (χ1v) is 7.57. The number of pyridine rings is 1. The molecule has 0 atom stereocenters. The summed E-state index contributed by atoms with van der Waals surface area (Å²) in [6.45, 7) is 21.0. The molecule has 0 aliphatic heterocycles. The summed E-state index contributed by atoms with van der Waals surface area (Å²) in [6, 6.07) is 1.96. The summed E-state index contributed by atoms with van der Waals surface area (Å²) >= 11 is 5.24. The molecule has 1 aromatic rings. The first-order valence-electron chi connectivity index (χ1n) is 7.16. The summed E-state index contributed by atoms with van der Waals surface area (Å²) in [5.74, 6) is 0. The normalized spacial score (nSPS) is 8.15. The molecule has 0 aliphatic rings. The monoisotopic (exact) mass is 293 g/mol. The number of rotatable bonds is 2. The molecular weight excluding hydrogens is 262 g/mol. The van der Waals surface area contributed by atoms with Crippen LogP contribution in [0.2, 0.25) is 0 Å². The van der Waals surface area contributed by atoms with Gasteiger partial charge in [0.2, 0.25) is 0 Å². The first-order chi connectivity index (χ1) is 9.60. The zero-order valence-corrected chi connectivity index (χ0v) is 15.0. The smallest absolute Gasteiger partial charge is 0.0487 e. The molecule has 20 heavy (non-hydrogen) atoms. The van der Waals surface area contributed by atoms with E-state index in [0.717, 1.165) is 21.5 Å². The van der Waals surface area contributed by atoms with Gasteiger partial charge in [-0.05, 0) is 32.9 Å². The van der Waals surface area contributed by atoms with Crippen LogP contribution in [0.3, 0.4) is 0 Å². The van der Waals surface area contributed by atoms with Crippen molar-refractivity contribution in [2.24, 2.45) is 0 Å². The molecule has 0 fully saturated rings. The summed E-state index contributed by atoms with van der Waals surface area (Å²) < 4.78 is 0.865. The SMILES string of the molecule is C=CC.C=Cc1[nH]c(C)cc(=S)c1/C=C\C.CC.CC. The summed E-state index contributed by atoms with van der Waals surface area (Å²) in [4.78, 5) is 3.22. The minimum atomic E-state index is 0.865. The van der Waals surface area contributed by atoms with Gasteiger partial charge in [-0.2, -0.15) is 0 Å². The Morgan fingerprint density at radius 2 is 1.55 bits per heavy atom. The van der Waals surface area contributed by atoms with Crippen molar-refractivity contribution in [1.29, 1.82) is 0 Å². The number of hydrogen-bond donors (Lipinski definition) is 1. The van der Waals surface area contributed by atoms with Gasteiger partial charge in [-0.25, -0.2) is 0 Å². The second-order valence-electron chi connectivity index (χ2n) is 3.26. The molecule has 0 bridgehead atoms. The molecule has 1 nitrogen and oxygen atoms in total. The lowest BCUT2D eigenvalue weighted by Crippen LogP contribution is -1.90. The molecule has 1 rings (SSSR count). The number of nitrogens with one attached hydrogen (secondary N) is 1. The molecule has 0 radical (unpaired) electrons. The van der Waals surface area contributed by atoms with Gasteiger partial charge < -0.3 is 4.98 Å². The summed E-state index contributed by atoms with van der Waals surface area (Å²) in [5.41, 5.74) is 3.09. The van der Waals surface area contributed by atoms with Gasteiger partial charge in [0.25, 0.3) is 0 Å². The van der Waals surface area contributed by atoms with E-state index in [1.54, 1.807) is 12.2 Å². The van der Waals surface area contributed by atoms with Crippen LogP contribution >= 0.6 is 12.2 Å². The van der Waals surface area contributed by atoms with Crippen LogP contribution in [0.25, 0.3) is 12.2 Å². The fourth-order valence-electron chi connectivity index (χ4n) is 1.22. The standard InChI is InChI=1S/C11H13NS.C3H6.2C2H6/c1-4-6-9-10(5-2)12-8(3)7-11(9)13;1-3-2;2*1-2/h4-7H,2H2,1,3H3,(H,12,13);3H,1H2,2H3;2*1-2H3/b6-4-;;;. The second kappa shape index (κ2) is 17.6. The molecule has 2 heteroatoms. The van der Waals surface area contributed by atoms with Crippen LogP contribution in [0.1, 0.15) is 58.5 Å². The van der Waals surface area contributed by atoms with Crippen molar-refractivity contribution in [3.63, 3.8) is 0 Å². The molecule has 1 N–H and O–H groups in total. The third kappa shape index (κ3) is 10.5. The number of aromatic nitrogens is 1. The van der Waals surface area contributed by atoms with E-state index < -0.39 is 0 Å². The van der Waals surface area contributed by atoms with Crippen LogP contribution in [-0.4, -0.2) is 4.98 Å². The Morgan fingerprint density at radius 1 is 1.10 bits per heavy atom. The van der Waals surface area contributed by atoms with Gasteiger partial charge in [0.1, 0.15) is 0 Å². The fourth-order valence-corrected chi connectivity index (χ4v) is 1.58. The van der Waals surface area contributed by atoms with E-state index in [1.165, 1.54) is 0 Å². The van der Waals surface area contributed by atoms with E-state index in [4.69, 9.17) is 12.2 Å². The average Bonchev–Trinajstić information content (AvgIpc) is 2.47. The minimum Gasteiger partial charge on any atom is -0.359 e. The molecule has 114 valence electrons. The van der Waals surface area contributed by atoms with Crippen molar-refractivity contribution in [1.82, 2.24) is 4.98 Å². The Balaban J connectivity index is -0.000000355. The third-order valence-corrected chi connectivity index (χ3v) is 2.11. The van der Waals surface area contributed by atoms with Crippen molar-refractivity contribution in [3.8, 4) is 0 Å². The highest BCUT2D eigenvalue weighted by molar-refractivity contribution is 7.71. The second-order valence-corrected chi connectivity index (χ2v) is 3.70. The number of allylic oxidation sites excluding steroid dienone is 2. The predicted molar refractivity (Wildman–Crippen MR) is 99.7 cm³/mol. The fraction of sp³-hybridized carbons (Fsp3) is 0.389. The Kier molecular flexibility index (Phi) is 20.8. The highest BCUT2D eigenvalue weighted by Crippen LogP contribution is 2.13. The lowest BCUT2D eigenvalue weighted by molar-refractivity contribution is 1.17. The maximum Gasteiger partial charge on any atom is 0.0487 e. The van der Waals surface area contributed by atoms with E-state index in [1.807, 2.05) is 66.7 Å². The average molecular weight is 294 g/mol. The van der Waals surface area contributed by atoms with E-state index in [0.29, 0.717) is 0 Å². The lowest BCUT2D eigenvalue weighted by Gasteiger charge is -2.03. The minimum absolute atomic E-state index is 0.865. The van der Waals surface area contributed by atoms with Crippen LogP contribution in [-0.2, 0) is 0 Å². The maximum absolute atomic E-state index is 5.24. The van der Waals surface area contributed by atoms with Crippen molar-refractivity contribution >= 4 is 24.4 Å². The summed E-state index contributed by atoms with van der Waals surface area (Å²) in [7, 11) is 0. The number of aromatic amines is 1. The Morgan fingerprint density at radius 3 is 1.90 bits per heavy atom. The summed E-state index contributed by atoms with van der Waals surface area (Å²) in [5, 5.41) is 0. The Labute approximate surface area is 131 Å². The van der Waals surface area contributed by atoms with Gasteiger partial charge in [0.05, 0.1) is 0 Å². The summed E-state index contributed by atoms with van der Waals surface area (Å²) in [6.07, 6.45) is 7.51. The van der Waals surface area contributed by atoms with Gasteiger partial charge in [0.15, 0.2) is 0 Å². The molecule has 1 heterocycles. The Bertz CT molecular complexity index is 439. The van der Waals surface area contributed by atoms with Crippen molar-refractivity contribution in [2.75, 3.05) is 0 Å². The number of hydrogen-bond acceptors (Lipinski definition) is 1. The number of H-pyrrole nitrogens is 1. The van der Waals surface area contributed by atoms with E-state index in [9.17, 15) is 0 Å². The maximum atomic E-state index is 5.24. The third-order valence-electron chi connectivity index (χ3n) is 1.77. The van der Waals surface area contributed by atoms with Gasteiger partial charge in [-0.15, -0.1) is 6.58 Å². The highest BCUT2D eigenvalue weighted by atomic mass is 32.1. The van der Waals surface area contributed by atoms with Gasteiger partial charge in [-0.3, -0.25) is 0 Å². The Hall–Kier alpha value is -1.41. The quantitative estimate of drug-likeness (QED) is 0.459. The molecule has 0 saturated carbocycles. The zero-order chi connectivity index (χ0) is 16.6. The molecule has 0 aromatic carbocycles. The molecular formula is C18H31NS. The van der Waals surface area contributed by atoms with Crippen LogP contribution in [0, 0.1) is 11.4 Å². The zero-order valence-electron chi connectivity index (χ0n) is 14.2. The topological polar surface area (TPSA) is 15.8 Å². The first kappa shape index (κ1) is 23.7. The van der Waals surface area contributed by atoms with Crippen LogP contribution in [0.15, 0.2) is 31.4 Å². The molecule has 0 saturated heterocycles. The van der Waals surface area contributed by atoms with Gasteiger partial charge >= 0.3 is 0 Å². The molecule has 0 amide bonds. The van der Waals surface area contributed by atoms with Crippen LogP contribution in [0.5, 0.6) is 0 Å². The van der Waals surface area contributed by atoms with Gasteiger partial charge in [-0.1, -0.05) is 64.7 Å². The van der Waals surface area contributed by atoms with Crippen LogP contribution in [0.4, 0.5) is 0 Å².